The van der Waals surface area contributed by atoms with Gasteiger partial charge in [-0.1, -0.05) is 38.1 Å². The zero-order valence-corrected chi connectivity index (χ0v) is 13.5. The highest BCUT2D eigenvalue weighted by Gasteiger charge is 2.16. The number of nitrogens with two attached hydrogens (primary N) is 1. The van der Waals surface area contributed by atoms with E-state index in [-0.39, 0.29) is 6.10 Å². The van der Waals surface area contributed by atoms with Crippen molar-refractivity contribution >= 4 is 0 Å². The molecule has 1 aliphatic heterocycles. The van der Waals surface area contributed by atoms with Crippen LogP contribution in [-0.4, -0.2) is 35.7 Å². The third-order valence-electron chi connectivity index (χ3n) is 4.57. The molecule has 0 spiro atoms. The summed E-state index contributed by atoms with van der Waals surface area (Å²) in [6.45, 7) is 7.68. The smallest absolute Gasteiger partial charge is 0.0790 e. The van der Waals surface area contributed by atoms with Gasteiger partial charge in [0, 0.05) is 6.04 Å². The molecule has 3 N–H and O–H groups in total. The normalized spacial score (nSPS) is 19.1. The summed E-state index contributed by atoms with van der Waals surface area (Å²) in [6, 6.07) is 8.80. The summed E-state index contributed by atoms with van der Waals surface area (Å²) in [6.07, 6.45) is 3.77. The minimum absolute atomic E-state index is 0.335. The van der Waals surface area contributed by atoms with Gasteiger partial charge in [0.05, 0.1) is 6.10 Å². The summed E-state index contributed by atoms with van der Waals surface area (Å²) in [5, 5.41) is 10.3. The summed E-state index contributed by atoms with van der Waals surface area (Å²) in [5.41, 5.74) is 8.29. The molecule has 1 aromatic rings. The number of piperidine rings is 1. The van der Waals surface area contributed by atoms with E-state index in [4.69, 9.17) is 5.73 Å². The molecule has 1 heterocycles. The van der Waals surface area contributed by atoms with Gasteiger partial charge in [-0.05, 0) is 62.4 Å². The number of benzene rings is 1. The molecule has 0 bridgehead atoms. The first-order chi connectivity index (χ1) is 10.1. The van der Waals surface area contributed by atoms with Crippen LogP contribution in [0, 0.1) is 0 Å². The van der Waals surface area contributed by atoms with Crippen LogP contribution in [-0.2, 0) is 0 Å². The highest BCUT2D eigenvalue weighted by atomic mass is 16.3. The Balaban J connectivity index is 1.72. The maximum absolute atomic E-state index is 10.3. The number of aliphatic hydroxyl groups excluding tert-OH is 1. The fraction of sp³-hybridized carbons (Fsp3) is 0.667. The van der Waals surface area contributed by atoms with Crippen LogP contribution in [0.5, 0.6) is 0 Å². The van der Waals surface area contributed by atoms with Crippen LogP contribution in [0.2, 0.25) is 0 Å². The van der Waals surface area contributed by atoms with Crippen molar-refractivity contribution in [2.24, 2.45) is 5.73 Å². The highest BCUT2D eigenvalue weighted by Crippen LogP contribution is 2.22. The van der Waals surface area contributed by atoms with E-state index in [1.807, 2.05) is 0 Å². The predicted molar refractivity (Wildman–Crippen MR) is 88.4 cm³/mol. The zero-order chi connectivity index (χ0) is 15.2. The van der Waals surface area contributed by atoms with E-state index in [0.29, 0.717) is 12.0 Å². The monoisotopic (exact) mass is 290 g/mol. The van der Waals surface area contributed by atoms with E-state index >= 15 is 0 Å². The standard InChI is InChI=1S/C18H30N2O/c1-14(2)15-5-7-16(8-6-15)18(21)4-3-11-20-12-9-17(19)10-13-20/h5-8,14,17-18,21H,3-4,9-13,19H2,1-2H3. The molecule has 0 saturated carbocycles. The number of hydrogen-bond acceptors (Lipinski definition) is 3. The van der Waals surface area contributed by atoms with Crippen LogP contribution in [0.15, 0.2) is 24.3 Å². The van der Waals surface area contributed by atoms with Gasteiger partial charge in [-0.15, -0.1) is 0 Å². The second-order valence-corrected chi connectivity index (χ2v) is 6.66. The molecule has 2 rings (SSSR count). The van der Waals surface area contributed by atoms with Gasteiger partial charge >= 0.3 is 0 Å². The van der Waals surface area contributed by atoms with Crippen LogP contribution in [0.25, 0.3) is 0 Å². The second-order valence-electron chi connectivity index (χ2n) is 6.66. The summed E-state index contributed by atoms with van der Waals surface area (Å²) in [7, 11) is 0. The Bertz CT molecular complexity index is 408. The van der Waals surface area contributed by atoms with Gasteiger partial charge in [0.1, 0.15) is 0 Å². The maximum atomic E-state index is 10.3. The topological polar surface area (TPSA) is 49.5 Å². The summed E-state index contributed by atoms with van der Waals surface area (Å²) >= 11 is 0. The Morgan fingerprint density at radius 2 is 1.71 bits per heavy atom. The van der Waals surface area contributed by atoms with Crippen molar-refractivity contribution in [3.05, 3.63) is 35.4 Å². The molecular formula is C18H30N2O. The van der Waals surface area contributed by atoms with Crippen LogP contribution in [0.3, 0.4) is 0 Å². The first kappa shape index (κ1) is 16.5. The highest BCUT2D eigenvalue weighted by molar-refractivity contribution is 5.26. The summed E-state index contributed by atoms with van der Waals surface area (Å²) in [4.78, 5) is 2.47. The molecule has 1 unspecified atom stereocenters. The molecule has 1 aromatic carbocycles. The van der Waals surface area contributed by atoms with Crippen molar-refractivity contribution < 1.29 is 5.11 Å². The Morgan fingerprint density at radius 3 is 2.29 bits per heavy atom. The van der Waals surface area contributed by atoms with Crippen molar-refractivity contribution in [2.75, 3.05) is 19.6 Å². The molecule has 3 heteroatoms. The molecule has 1 atom stereocenters. The predicted octanol–water partition coefficient (Wildman–Crippen LogP) is 3.05. The first-order valence-corrected chi connectivity index (χ1v) is 8.32. The van der Waals surface area contributed by atoms with Gasteiger partial charge in [0.2, 0.25) is 0 Å². The minimum atomic E-state index is -0.335. The van der Waals surface area contributed by atoms with Crippen LogP contribution >= 0.6 is 0 Å². The SMILES string of the molecule is CC(C)c1ccc(C(O)CCCN2CCC(N)CC2)cc1. The molecule has 118 valence electrons. The van der Waals surface area contributed by atoms with Gasteiger partial charge in [-0.25, -0.2) is 0 Å². The largest absolute Gasteiger partial charge is 0.388 e. The van der Waals surface area contributed by atoms with Crippen LogP contribution in [0.4, 0.5) is 0 Å². The zero-order valence-electron chi connectivity index (χ0n) is 13.5. The first-order valence-electron chi connectivity index (χ1n) is 8.32. The Hall–Kier alpha value is -0.900. The molecule has 0 aliphatic carbocycles. The average molecular weight is 290 g/mol. The molecule has 1 saturated heterocycles. The molecule has 21 heavy (non-hydrogen) atoms. The minimum Gasteiger partial charge on any atom is -0.388 e. The Kier molecular flexibility index (Phi) is 6.22. The average Bonchev–Trinajstić information content (AvgIpc) is 2.49. The van der Waals surface area contributed by atoms with Gasteiger partial charge in [0.25, 0.3) is 0 Å². The molecule has 1 aliphatic rings. The van der Waals surface area contributed by atoms with Crippen molar-refractivity contribution in [3.8, 4) is 0 Å². The van der Waals surface area contributed by atoms with Crippen molar-refractivity contribution in [1.29, 1.82) is 0 Å². The van der Waals surface area contributed by atoms with E-state index in [1.54, 1.807) is 0 Å². The molecule has 1 fully saturated rings. The lowest BCUT2D eigenvalue weighted by atomic mass is 9.98. The molecule has 0 amide bonds. The van der Waals surface area contributed by atoms with E-state index in [2.05, 4.69) is 43.0 Å². The second kappa shape index (κ2) is 7.92. The summed E-state index contributed by atoms with van der Waals surface area (Å²) < 4.78 is 0. The van der Waals surface area contributed by atoms with E-state index in [9.17, 15) is 5.11 Å². The lowest BCUT2D eigenvalue weighted by Crippen LogP contribution is -2.40. The molecule has 0 aromatic heterocycles. The fourth-order valence-electron chi connectivity index (χ4n) is 2.95. The number of rotatable bonds is 6. The van der Waals surface area contributed by atoms with E-state index in [1.165, 1.54) is 5.56 Å². The maximum Gasteiger partial charge on any atom is 0.0790 e. The lowest BCUT2D eigenvalue weighted by Gasteiger charge is -2.30. The number of hydrogen-bond donors (Lipinski definition) is 2. The van der Waals surface area contributed by atoms with Gasteiger partial charge in [-0.3, -0.25) is 0 Å². The Labute approximate surface area is 129 Å². The summed E-state index contributed by atoms with van der Waals surface area (Å²) in [5.74, 6) is 0.543. The van der Waals surface area contributed by atoms with Gasteiger partial charge < -0.3 is 15.7 Å². The molecular weight excluding hydrogens is 260 g/mol. The van der Waals surface area contributed by atoms with Crippen molar-refractivity contribution in [1.82, 2.24) is 4.90 Å². The van der Waals surface area contributed by atoms with E-state index < -0.39 is 0 Å². The van der Waals surface area contributed by atoms with Crippen LogP contribution in [0.1, 0.15) is 62.7 Å². The molecule has 3 nitrogen and oxygen atoms in total. The van der Waals surface area contributed by atoms with Gasteiger partial charge in [0.15, 0.2) is 0 Å². The van der Waals surface area contributed by atoms with Gasteiger partial charge in [-0.2, -0.15) is 0 Å². The van der Waals surface area contributed by atoms with Crippen molar-refractivity contribution in [3.63, 3.8) is 0 Å². The fourth-order valence-corrected chi connectivity index (χ4v) is 2.95. The number of aliphatic hydroxyl groups is 1. The van der Waals surface area contributed by atoms with E-state index in [0.717, 1.165) is 50.9 Å². The Morgan fingerprint density at radius 1 is 1.14 bits per heavy atom. The van der Waals surface area contributed by atoms with Crippen molar-refractivity contribution in [2.45, 2.75) is 57.6 Å². The number of nitrogens with zero attached hydrogens (tertiary/aromatic N) is 1. The third-order valence-corrected chi connectivity index (χ3v) is 4.57. The third kappa shape index (κ3) is 5.10. The lowest BCUT2D eigenvalue weighted by molar-refractivity contribution is 0.148. The number of likely N-dealkylation sites (tertiary alicyclic amines) is 1. The van der Waals surface area contributed by atoms with Crippen LogP contribution < -0.4 is 5.73 Å². The molecule has 0 radical (unpaired) electrons. The quantitative estimate of drug-likeness (QED) is 0.846.